The number of aromatic hydroxyl groups is 1. The predicted molar refractivity (Wildman–Crippen MR) is 104 cm³/mol. The number of piperidine rings is 1. The van der Waals surface area contributed by atoms with Crippen LogP contribution in [0, 0.1) is 0 Å². The molecule has 2 saturated heterocycles. The summed E-state index contributed by atoms with van der Waals surface area (Å²) in [4.78, 5) is 14.0. The molecule has 2 aliphatic rings. The molecule has 1 aromatic rings. The Balaban J connectivity index is 1.58. The highest BCUT2D eigenvalue weighted by atomic mass is 35.5. The summed E-state index contributed by atoms with van der Waals surface area (Å²) in [6, 6.07) is 4.94. The number of nitrogens with one attached hydrogen (secondary N) is 1. The largest absolute Gasteiger partial charge is 0.506 e. The number of hydrogen-bond donors (Lipinski definition) is 3. The van der Waals surface area contributed by atoms with Crippen molar-refractivity contribution < 1.29 is 19.7 Å². The maximum absolute atomic E-state index is 11.7. The fourth-order valence-electron chi connectivity index (χ4n) is 4.13. The van der Waals surface area contributed by atoms with Gasteiger partial charge in [-0.1, -0.05) is 30.7 Å². The van der Waals surface area contributed by atoms with Crippen molar-refractivity contribution in [2.75, 3.05) is 19.7 Å². The molecule has 7 heteroatoms. The van der Waals surface area contributed by atoms with Gasteiger partial charge in [-0.25, -0.2) is 0 Å². The van der Waals surface area contributed by atoms with Crippen LogP contribution in [0.1, 0.15) is 45.1 Å². The lowest BCUT2D eigenvalue weighted by Gasteiger charge is -2.51. The van der Waals surface area contributed by atoms with E-state index >= 15 is 0 Å². The first-order valence-corrected chi connectivity index (χ1v) is 9.97. The van der Waals surface area contributed by atoms with Crippen LogP contribution in [0.15, 0.2) is 18.2 Å². The van der Waals surface area contributed by atoms with Gasteiger partial charge in [0.25, 0.3) is 0 Å². The SMILES string of the molecule is CCC(=O)N[C@H]1COC2(CCN(Cc3cccc(O)c3Cl)CC2)C[C@]1(C)O. The van der Waals surface area contributed by atoms with E-state index in [-0.39, 0.29) is 23.3 Å². The van der Waals surface area contributed by atoms with Gasteiger partial charge >= 0.3 is 0 Å². The highest BCUT2D eigenvalue weighted by Crippen LogP contribution is 2.40. The lowest BCUT2D eigenvalue weighted by Crippen LogP contribution is -2.63. The lowest BCUT2D eigenvalue weighted by molar-refractivity contribution is -0.189. The van der Waals surface area contributed by atoms with Crippen molar-refractivity contribution in [1.29, 1.82) is 0 Å². The van der Waals surface area contributed by atoms with E-state index in [1.807, 2.05) is 6.07 Å². The number of nitrogens with zero attached hydrogens (tertiary/aromatic N) is 1. The van der Waals surface area contributed by atoms with Gasteiger partial charge in [-0.3, -0.25) is 9.69 Å². The van der Waals surface area contributed by atoms with E-state index in [0.717, 1.165) is 31.5 Å². The molecule has 1 spiro atoms. The van der Waals surface area contributed by atoms with Crippen LogP contribution in [-0.4, -0.2) is 58.0 Å². The molecule has 2 fully saturated rings. The van der Waals surface area contributed by atoms with Gasteiger partial charge in [0.1, 0.15) is 5.75 Å². The first kappa shape index (κ1) is 20.4. The molecule has 2 atom stereocenters. The number of phenolic OH excluding ortho intramolecular Hbond substituents is 1. The van der Waals surface area contributed by atoms with E-state index in [4.69, 9.17) is 16.3 Å². The molecule has 0 saturated carbocycles. The summed E-state index contributed by atoms with van der Waals surface area (Å²) in [6.07, 6.45) is 2.53. The Bertz CT molecular complexity index is 687. The summed E-state index contributed by atoms with van der Waals surface area (Å²) in [5.74, 6) is 0.0344. The topological polar surface area (TPSA) is 82.0 Å². The second kappa shape index (κ2) is 7.95. The fourth-order valence-corrected chi connectivity index (χ4v) is 4.31. The molecule has 150 valence electrons. The summed E-state index contributed by atoms with van der Waals surface area (Å²) >= 11 is 6.19. The Morgan fingerprint density at radius 1 is 1.41 bits per heavy atom. The maximum atomic E-state index is 11.7. The molecule has 0 radical (unpaired) electrons. The summed E-state index contributed by atoms with van der Waals surface area (Å²) < 4.78 is 6.17. The Hall–Kier alpha value is -1.34. The summed E-state index contributed by atoms with van der Waals surface area (Å²) in [7, 11) is 0. The van der Waals surface area contributed by atoms with Crippen LogP contribution in [0.5, 0.6) is 5.75 Å². The van der Waals surface area contributed by atoms with E-state index < -0.39 is 5.60 Å². The number of rotatable bonds is 4. The lowest BCUT2D eigenvalue weighted by atomic mass is 9.75. The van der Waals surface area contributed by atoms with Crippen LogP contribution in [0.4, 0.5) is 0 Å². The number of aliphatic hydroxyl groups is 1. The van der Waals surface area contributed by atoms with Gasteiger partial charge < -0.3 is 20.3 Å². The number of amides is 1. The highest BCUT2D eigenvalue weighted by molar-refractivity contribution is 6.32. The molecule has 0 unspecified atom stereocenters. The minimum atomic E-state index is -0.986. The second-order valence-electron chi connectivity index (χ2n) is 8.03. The molecular weight excluding hydrogens is 368 g/mol. The molecule has 1 amide bonds. The van der Waals surface area contributed by atoms with Gasteiger partial charge in [0.2, 0.25) is 5.91 Å². The summed E-state index contributed by atoms with van der Waals surface area (Å²) in [5, 5.41) is 24.0. The van der Waals surface area contributed by atoms with Gasteiger partial charge in [-0.2, -0.15) is 0 Å². The zero-order valence-electron chi connectivity index (χ0n) is 16.0. The minimum absolute atomic E-state index is 0.0716. The first-order valence-electron chi connectivity index (χ1n) is 9.59. The average Bonchev–Trinajstić information content (AvgIpc) is 2.63. The van der Waals surface area contributed by atoms with Crippen LogP contribution in [0.3, 0.4) is 0 Å². The first-order chi connectivity index (χ1) is 12.7. The van der Waals surface area contributed by atoms with Crippen LogP contribution in [0.25, 0.3) is 0 Å². The molecule has 2 heterocycles. The summed E-state index contributed by atoms with van der Waals surface area (Å²) in [5.41, 5.74) is -0.429. The van der Waals surface area contributed by atoms with Crippen LogP contribution in [0.2, 0.25) is 5.02 Å². The molecule has 6 nitrogen and oxygen atoms in total. The Labute approximate surface area is 165 Å². The molecular formula is C20H29ClN2O4. The molecule has 0 aromatic heterocycles. The van der Waals surface area contributed by atoms with Crippen molar-refractivity contribution in [1.82, 2.24) is 10.2 Å². The zero-order chi connectivity index (χ0) is 19.7. The number of ether oxygens (including phenoxy) is 1. The Morgan fingerprint density at radius 2 is 2.11 bits per heavy atom. The van der Waals surface area contributed by atoms with Gasteiger partial charge in [0.15, 0.2) is 0 Å². The van der Waals surface area contributed by atoms with E-state index in [0.29, 0.717) is 31.0 Å². The number of carbonyl (C=O) groups excluding carboxylic acids is 1. The maximum Gasteiger partial charge on any atom is 0.220 e. The third kappa shape index (κ3) is 4.57. The summed E-state index contributed by atoms with van der Waals surface area (Å²) in [6.45, 7) is 6.24. The molecule has 2 aliphatic heterocycles. The van der Waals surface area contributed by atoms with E-state index in [2.05, 4.69) is 10.2 Å². The zero-order valence-corrected chi connectivity index (χ0v) is 16.8. The molecule has 0 aliphatic carbocycles. The monoisotopic (exact) mass is 396 g/mol. The van der Waals surface area contributed by atoms with E-state index in [1.54, 1.807) is 26.0 Å². The van der Waals surface area contributed by atoms with E-state index in [1.165, 1.54) is 0 Å². The van der Waals surface area contributed by atoms with Crippen molar-refractivity contribution >= 4 is 17.5 Å². The third-order valence-corrected chi connectivity index (χ3v) is 6.30. The van der Waals surface area contributed by atoms with E-state index in [9.17, 15) is 15.0 Å². The number of hydrogen-bond acceptors (Lipinski definition) is 5. The quantitative estimate of drug-likeness (QED) is 0.728. The van der Waals surface area contributed by atoms with Crippen molar-refractivity contribution in [3.05, 3.63) is 28.8 Å². The predicted octanol–water partition coefficient (Wildman–Crippen LogP) is 2.45. The Morgan fingerprint density at radius 3 is 2.74 bits per heavy atom. The molecule has 3 rings (SSSR count). The van der Waals surface area contributed by atoms with Crippen molar-refractivity contribution in [3.63, 3.8) is 0 Å². The smallest absolute Gasteiger partial charge is 0.220 e. The normalized spacial score (nSPS) is 28.2. The molecule has 27 heavy (non-hydrogen) atoms. The van der Waals surface area contributed by atoms with Gasteiger partial charge in [0, 0.05) is 32.5 Å². The average molecular weight is 397 g/mol. The molecule has 1 aromatic carbocycles. The number of phenols is 1. The van der Waals surface area contributed by atoms with Crippen LogP contribution >= 0.6 is 11.6 Å². The van der Waals surface area contributed by atoms with Crippen molar-refractivity contribution in [3.8, 4) is 5.75 Å². The minimum Gasteiger partial charge on any atom is -0.506 e. The van der Waals surface area contributed by atoms with Gasteiger partial charge in [0.05, 0.1) is 28.9 Å². The standard InChI is InChI=1S/C20H29ClN2O4/c1-3-17(25)22-16-12-27-20(13-19(16,2)26)7-9-23(10-8-20)11-14-5-4-6-15(24)18(14)21/h4-6,16,24,26H,3,7-13H2,1-2H3,(H,22,25)/t16-,19-/m0/s1. The molecule has 0 bridgehead atoms. The fraction of sp³-hybridized carbons (Fsp3) is 0.650. The number of carbonyl (C=O) groups is 1. The van der Waals surface area contributed by atoms with Crippen molar-refractivity contribution in [2.45, 2.75) is 63.3 Å². The molecule has 3 N–H and O–H groups in total. The highest BCUT2D eigenvalue weighted by Gasteiger charge is 2.49. The number of halogens is 1. The third-order valence-electron chi connectivity index (χ3n) is 5.86. The second-order valence-corrected chi connectivity index (χ2v) is 8.41. The van der Waals surface area contributed by atoms with Gasteiger partial charge in [-0.15, -0.1) is 0 Å². The van der Waals surface area contributed by atoms with Gasteiger partial charge in [-0.05, 0) is 31.4 Å². The Kier molecular flexibility index (Phi) is 6.01. The number of likely N-dealkylation sites (tertiary alicyclic amines) is 1. The van der Waals surface area contributed by atoms with Crippen LogP contribution < -0.4 is 5.32 Å². The van der Waals surface area contributed by atoms with Crippen LogP contribution in [-0.2, 0) is 16.1 Å². The number of benzene rings is 1. The van der Waals surface area contributed by atoms with Crippen molar-refractivity contribution in [2.24, 2.45) is 0 Å².